The second-order valence-electron chi connectivity index (χ2n) is 3.76. The molecule has 1 aromatic heterocycles. The summed E-state index contributed by atoms with van der Waals surface area (Å²) in [6, 6.07) is 11.7. The van der Waals surface area contributed by atoms with E-state index >= 15 is 0 Å². The van der Waals surface area contributed by atoms with E-state index in [9.17, 15) is 4.79 Å². The highest BCUT2D eigenvalue weighted by atomic mass is 32.1. The van der Waals surface area contributed by atoms with E-state index in [1.54, 1.807) is 11.3 Å². The molecular weight excluding hydrogens is 216 g/mol. The second-order valence-corrected chi connectivity index (χ2v) is 4.93. The van der Waals surface area contributed by atoms with Crippen molar-refractivity contribution < 1.29 is 4.79 Å². The van der Waals surface area contributed by atoms with Crippen LogP contribution in [0.15, 0.2) is 36.4 Å². The van der Waals surface area contributed by atoms with E-state index in [0.29, 0.717) is 0 Å². The van der Waals surface area contributed by atoms with Crippen molar-refractivity contribution in [1.29, 1.82) is 0 Å². The van der Waals surface area contributed by atoms with Gasteiger partial charge in [0.2, 0.25) is 5.78 Å². The van der Waals surface area contributed by atoms with Crippen LogP contribution >= 0.6 is 11.3 Å². The number of rotatable bonds is 3. The third kappa shape index (κ3) is 2.07. The highest BCUT2D eigenvalue weighted by Crippen LogP contribution is 2.21. The third-order valence-corrected chi connectivity index (χ3v) is 3.85. The van der Waals surface area contributed by atoms with Crippen molar-refractivity contribution in [1.82, 2.24) is 0 Å². The van der Waals surface area contributed by atoms with E-state index in [0.717, 1.165) is 22.4 Å². The lowest BCUT2D eigenvalue weighted by Crippen LogP contribution is -2.00. The SMILES string of the molecule is CCc1ccc(C(=O)c2ccccc2C)s1. The molecule has 0 aliphatic heterocycles. The molecule has 0 fully saturated rings. The number of aryl methyl sites for hydroxylation is 2. The van der Waals surface area contributed by atoms with Crippen molar-refractivity contribution in [2.75, 3.05) is 0 Å². The molecule has 2 rings (SSSR count). The first-order valence-electron chi connectivity index (χ1n) is 5.41. The van der Waals surface area contributed by atoms with Gasteiger partial charge in [-0.2, -0.15) is 0 Å². The Morgan fingerprint density at radius 2 is 1.94 bits per heavy atom. The standard InChI is InChI=1S/C14H14OS/c1-3-11-8-9-13(16-11)14(15)12-7-5-4-6-10(12)2/h4-9H,3H2,1-2H3. The van der Waals surface area contributed by atoms with E-state index in [1.807, 2.05) is 43.3 Å². The maximum atomic E-state index is 12.2. The Morgan fingerprint density at radius 1 is 1.19 bits per heavy atom. The van der Waals surface area contributed by atoms with Crippen molar-refractivity contribution >= 4 is 17.1 Å². The molecule has 2 aromatic rings. The van der Waals surface area contributed by atoms with Gasteiger partial charge in [-0.3, -0.25) is 4.79 Å². The Bertz CT molecular complexity index is 511. The van der Waals surface area contributed by atoms with Crippen molar-refractivity contribution in [2.45, 2.75) is 20.3 Å². The molecular formula is C14H14OS. The molecule has 0 amide bonds. The van der Waals surface area contributed by atoms with E-state index in [4.69, 9.17) is 0 Å². The van der Waals surface area contributed by atoms with E-state index in [-0.39, 0.29) is 5.78 Å². The van der Waals surface area contributed by atoms with Gasteiger partial charge in [-0.25, -0.2) is 0 Å². The maximum absolute atomic E-state index is 12.2. The van der Waals surface area contributed by atoms with Crippen LogP contribution in [0.3, 0.4) is 0 Å². The minimum Gasteiger partial charge on any atom is -0.288 e. The molecule has 82 valence electrons. The Kier molecular flexibility index (Phi) is 3.20. The number of ketones is 1. The van der Waals surface area contributed by atoms with E-state index in [1.165, 1.54) is 4.88 Å². The van der Waals surface area contributed by atoms with Crippen LogP contribution in [0.25, 0.3) is 0 Å². The summed E-state index contributed by atoms with van der Waals surface area (Å²) in [6.45, 7) is 4.08. The molecule has 0 saturated carbocycles. The van der Waals surface area contributed by atoms with Gasteiger partial charge in [-0.05, 0) is 31.0 Å². The molecule has 0 unspecified atom stereocenters. The summed E-state index contributed by atoms with van der Waals surface area (Å²) in [7, 11) is 0. The summed E-state index contributed by atoms with van der Waals surface area (Å²) < 4.78 is 0. The highest BCUT2D eigenvalue weighted by Gasteiger charge is 2.12. The van der Waals surface area contributed by atoms with Crippen LogP contribution in [0, 0.1) is 6.92 Å². The Morgan fingerprint density at radius 3 is 2.56 bits per heavy atom. The summed E-state index contributed by atoms with van der Waals surface area (Å²) >= 11 is 1.59. The average Bonchev–Trinajstić information content (AvgIpc) is 2.77. The van der Waals surface area contributed by atoms with Crippen LogP contribution in [0.1, 0.15) is 32.6 Å². The molecule has 0 N–H and O–H groups in total. The highest BCUT2D eigenvalue weighted by molar-refractivity contribution is 7.14. The quantitative estimate of drug-likeness (QED) is 0.732. The first-order valence-corrected chi connectivity index (χ1v) is 6.23. The van der Waals surface area contributed by atoms with E-state index in [2.05, 4.69) is 6.92 Å². The number of carbonyl (C=O) groups is 1. The van der Waals surface area contributed by atoms with Crippen LogP contribution in [-0.4, -0.2) is 5.78 Å². The second kappa shape index (κ2) is 4.62. The molecule has 0 aliphatic carbocycles. The lowest BCUT2D eigenvalue weighted by atomic mass is 10.0. The monoisotopic (exact) mass is 230 g/mol. The third-order valence-electron chi connectivity index (χ3n) is 2.62. The largest absolute Gasteiger partial charge is 0.288 e. The molecule has 0 spiro atoms. The molecule has 0 atom stereocenters. The summed E-state index contributed by atoms with van der Waals surface area (Å²) in [6.07, 6.45) is 0.992. The first-order chi connectivity index (χ1) is 7.72. The molecule has 0 aliphatic rings. The van der Waals surface area contributed by atoms with Crippen molar-refractivity contribution in [2.24, 2.45) is 0 Å². The van der Waals surface area contributed by atoms with Gasteiger partial charge in [-0.15, -0.1) is 11.3 Å². The molecule has 16 heavy (non-hydrogen) atoms. The van der Waals surface area contributed by atoms with Crippen LogP contribution in [0.4, 0.5) is 0 Å². The normalized spacial score (nSPS) is 10.4. The molecule has 1 nitrogen and oxygen atoms in total. The Balaban J connectivity index is 2.35. The van der Waals surface area contributed by atoms with Gasteiger partial charge in [-0.1, -0.05) is 31.2 Å². The molecule has 0 saturated heterocycles. The van der Waals surface area contributed by atoms with Gasteiger partial charge >= 0.3 is 0 Å². The first kappa shape index (κ1) is 11.1. The summed E-state index contributed by atoms with van der Waals surface area (Å²) in [4.78, 5) is 14.3. The molecule has 0 radical (unpaired) electrons. The van der Waals surface area contributed by atoms with Gasteiger partial charge in [0.15, 0.2) is 0 Å². The fourth-order valence-electron chi connectivity index (χ4n) is 1.65. The zero-order chi connectivity index (χ0) is 11.5. The lowest BCUT2D eigenvalue weighted by Gasteiger charge is -2.01. The van der Waals surface area contributed by atoms with Gasteiger partial charge < -0.3 is 0 Å². The van der Waals surface area contributed by atoms with Crippen molar-refractivity contribution in [3.63, 3.8) is 0 Å². The zero-order valence-corrected chi connectivity index (χ0v) is 10.3. The lowest BCUT2D eigenvalue weighted by molar-refractivity contribution is 0.104. The van der Waals surface area contributed by atoms with Gasteiger partial charge in [0.05, 0.1) is 4.88 Å². The molecule has 0 bridgehead atoms. The van der Waals surface area contributed by atoms with Gasteiger partial charge in [0, 0.05) is 10.4 Å². The fourth-order valence-corrected chi connectivity index (χ4v) is 2.55. The molecule has 2 heteroatoms. The maximum Gasteiger partial charge on any atom is 0.203 e. The molecule has 1 heterocycles. The number of hydrogen-bond donors (Lipinski definition) is 0. The van der Waals surface area contributed by atoms with E-state index < -0.39 is 0 Å². The minimum absolute atomic E-state index is 0.141. The molecule has 1 aromatic carbocycles. The number of carbonyl (C=O) groups excluding carboxylic acids is 1. The smallest absolute Gasteiger partial charge is 0.203 e. The fraction of sp³-hybridized carbons (Fsp3) is 0.214. The van der Waals surface area contributed by atoms with Crippen LogP contribution in [-0.2, 0) is 6.42 Å². The minimum atomic E-state index is 0.141. The predicted octanol–water partition coefficient (Wildman–Crippen LogP) is 3.85. The summed E-state index contributed by atoms with van der Waals surface area (Å²) in [5, 5.41) is 0. The number of thiophene rings is 1. The zero-order valence-electron chi connectivity index (χ0n) is 9.49. The number of hydrogen-bond acceptors (Lipinski definition) is 2. The van der Waals surface area contributed by atoms with Crippen LogP contribution in [0.5, 0.6) is 0 Å². The Hall–Kier alpha value is -1.41. The predicted molar refractivity (Wildman–Crippen MR) is 68.3 cm³/mol. The topological polar surface area (TPSA) is 17.1 Å². The van der Waals surface area contributed by atoms with Crippen molar-refractivity contribution in [3.8, 4) is 0 Å². The summed E-state index contributed by atoms with van der Waals surface area (Å²) in [5.41, 5.74) is 1.85. The van der Waals surface area contributed by atoms with Gasteiger partial charge in [0.1, 0.15) is 0 Å². The van der Waals surface area contributed by atoms with Crippen LogP contribution in [0.2, 0.25) is 0 Å². The number of benzene rings is 1. The van der Waals surface area contributed by atoms with Gasteiger partial charge in [0.25, 0.3) is 0 Å². The van der Waals surface area contributed by atoms with Crippen molar-refractivity contribution in [3.05, 3.63) is 57.3 Å². The average molecular weight is 230 g/mol. The van der Waals surface area contributed by atoms with Crippen LogP contribution < -0.4 is 0 Å². The Labute approximate surface area is 99.8 Å². The summed E-state index contributed by atoms with van der Waals surface area (Å²) in [5.74, 6) is 0.141.